The monoisotopic (exact) mass is 440 g/mol. The van der Waals surface area contributed by atoms with Gasteiger partial charge in [0.2, 0.25) is 5.91 Å². The summed E-state index contributed by atoms with van der Waals surface area (Å²) in [5.74, 6) is -1.87. The molecule has 1 aromatic rings. The second-order valence-corrected chi connectivity index (χ2v) is 8.41. The minimum atomic E-state index is -1.58. The van der Waals surface area contributed by atoms with Gasteiger partial charge in [-0.25, -0.2) is 4.79 Å². The van der Waals surface area contributed by atoms with Gasteiger partial charge in [0.15, 0.2) is 0 Å². The number of esters is 2. The molecule has 156 valence electrons. The van der Waals surface area contributed by atoms with Crippen molar-refractivity contribution in [2.45, 2.75) is 24.4 Å². The number of methoxy groups -OCH3 is 2. The van der Waals surface area contributed by atoms with Gasteiger partial charge in [-0.2, -0.15) is 0 Å². The predicted molar refractivity (Wildman–Crippen MR) is 105 cm³/mol. The van der Waals surface area contributed by atoms with Crippen LogP contribution in [-0.4, -0.2) is 66.3 Å². The number of hydrogen-bond acceptors (Lipinski definition) is 9. The lowest BCUT2D eigenvalue weighted by atomic mass is 9.98. The molecule has 0 spiro atoms. The summed E-state index contributed by atoms with van der Waals surface area (Å²) in [5.41, 5.74) is -1.11. The van der Waals surface area contributed by atoms with E-state index in [-0.39, 0.29) is 24.6 Å². The molecular formula is C18H20N2O7S2. The SMILES string of the molecule is COC(=O)C1=C(COC(C)=O)CS[C@@H]2N1C(=O)[C@]2(NC(=O)Cc1cccs1)OC. The average molecular weight is 440 g/mol. The molecule has 11 heteroatoms. The fourth-order valence-electron chi connectivity index (χ4n) is 3.15. The van der Waals surface area contributed by atoms with E-state index in [2.05, 4.69) is 5.32 Å². The number of thioether (sulfide) groups is 1. The maximum Gasteiger partial charge on any atom is 0.354 e. The quantitative estimate of drug-likeness (QED) is 0.374. The van der Waals surface area contributed by atoms with E-state index in [1.807, 2.05) is 17.5 Å². The fraction of sp³-hybridized carbons (Fsp3) is 0.444. The number of nitrogens with one attached hydrogen (secondary N) is 1. The summed E-state index contributed by atoms with van der Waals surface area (Å²) in [6.07, 6.45) is 0.116. The summed E-state index contributed by atoms with van der Waals surface area (Å²) in [6.45, 7) is 1.12. The van der Waals surface area contributed by atoms with Crippen molar-refractivity contribution in [1.29, 1.82) is 0 Å². The highest BCUT2D eigenvalue weighted by molar-refractivity contribution is 8.00. The first-order valence-corrected chi connectivity index (χ1v) is 10.5. The molecule has 1 fully saturated rings. The molecule has 0 aromatic carbocycles. The van der Waals surface area contributed by atoms with E-state index < -0.39 is 28.9 Å². The molecular weight excluding hydrogens is 420 g/mol. The maximum atomic E-state index is 13.0. The van der Waals surface area contributed by atoms with Gasteiger partial charge in [0, 0.05) is 30.2 Å². The predicted octanol–water partition coefficient (Wildman–Crippen LogP) is 0.655. The van der Waals surface area contributed by atoms with Gasteiger partial charge in [-0.3, -0.25) is 19.3 Å². The smallest absolute Gasteiger partial charge is 0.354 e. The van der Waals surface area contributed by atoms with Gasteiger partial charge in [-0.05, 0) is 11.4 Å². The molecule has 2 aliphatic rings. The molecule has 2 aliphatic heterocycles. The third-order valence-electron chi connectivity index (χ3n) is 4.50. The summed E-state index contributed by atoms with van der Waals surface area (Å²) >= 11 is 2.74. The van der Waals surface area contributed by atoms with Crippen molar-refractivity contribution in [2.75, 3.05) is 26.6 Å². The third kappa shape index (κ3) is 3.89. The Morgan fingerprint density at radius 2 is 2.10 bits per heavy atom. The van der Waals surface area contributed by atoms with Crippen LogP contribution in [0, 0.1) is 0 Å². The number of fused-ring (bicyclic) bond motifs is 1. The molecule has 2 atom stereocenters. The van der Waals surface area contributed by atoms with Crippen LogP contribution in [0.1, 0.15) is 11.8 Å². The van der Waals surface area contributed by atoms with Gasteiger partial charge in [0.1, 0.15) is 17.7 Å². The Hall–Kier alpha value is -2.37. The Morgan fingerprint density at radius 3 is 2.69 bits per heavy atom. The molecule has 0 saturated carbocycles. The standard InChI is InChI=1S/C18H20N2O7S2/c1-10(21)27-8-11-9-29-17-18(26-3,16(24)20(17)14(11)15(23)25-2)19-13(22)7-12-5-4-6-28-12/h4-6,17H,7-9H2,1-3H3,(H,19,22)/t17-,18-/m0/s1. The largest absolute Gasteiger partial charge is 0.464 e. The molecule has 0 unspecified atom stereocenters. The number of carbonyl (C=O) groups is 4. The van der Waals surface area contributed by atoms with E-state index in [1.165, 1.54) is 49.1 Å². The number of carbonyl (C=O) groups excluding carboxylic acids is 4. The van der Waals surface area contributed by atoms with Crippen molar-refractivity contribution in [1.82, 2.24) is 10.2 Å². The zero-order chi connectivity index (χ0) is 21.2. The minimum Gasteiger partial charge on any atom is -0.464 e. The van der Waals surface area contributed by atoms with Gasteiger partial charge < -0.3 is 19.5 Å². The molecule has 3 rings (SSSR count). The Labute approximate surface area is 175 Å². The number of β-lactam (4-membered cyclic amide) rings is 1. The van der Waals surface area contributed by atoms with Crippen molar-refractivity contribution in [3.05, 3.63) is 33.7 Å². The maximum absolute atomic E-state index is 13.0. The first-order chi connectivity index (χ1) is 13.8. The fourth-order valence-corrected chi connectivity index (χ4v) is 5.27. The Bertz CT molecular complexity index is 868. The first kappa shape index (κ1) is 21.3. The summed E-state index contributed by atoms with van der Waals surface area (Å²) in [4.78, 5) is 51.1. The van der Waals surface area contributed by atoms with Crippen LogP contribution in [0.2, 0.25) is 0 Å². The Morgan fingerprint density at radius 1 is 1.34 bits per heavy atom. The first-order valence-electron chi connectivity index (χ1n) is 8.61. The molecule has 2 amide bonds. The van der Waals surface area contributed by atoms with Gasteiger partial charge >= 0.3 is 11.9 Å². The number of thiophene rings is 1. The minimum absolute atomic E-state index is 0.0164. The van der Waals surface area contributed by atoms with E-state index >= 15 is 0 Å². The normalized spacial score (nSPS) is 23.2. The Kier molecular flexibility index (Phi) is 6.30. The molecule has 1 saturated heterocycles. The van der Waals surface area contributed by atoms with E-state index in [9.17, 15) is 19.2 Å². The third-order valence-corrected chi connectivity index (χ3v) is 6.75. The summed E-state index contributed by atoms with van der Waals surface area (Å²) in [6, 6.07) is 3.66. The van der Waals surface area contributed by atoms with Crippen LogP contribution in [0.3, 0.4) is 0 Å². The molecule has 9 nitrogen and oxygen atoms in total. The van der Waals surface area contributed by atoms with Gasteiger partial charge in [-0.1, -0.05) is 6.07 Å². The van der Waals surface area contributed by atoms with Crippen molar-refractivity contribution in [3.8, 4) is 0 Å². The number of nitrogens with zero attached hydrogens (tertiary/aromatic N) is 1. The van der Waals surface area contributed by atoms with Gasteiger partial charge in [-0.15, -0.1) is 23.1 Å². The van der Waals surface area contributed by atoms with Gasteiger partial charge in [0.25, 0.3) is 11.6 Å². The number of hydrogen-bond donors (Lipinski definition) is 1. The van der Waals surface area contributed by atoms with Crippen molar-refractivity contribution < 1.29 is 33.4 Å². The zero-order valence-corrected chi connectivity index (χ0v) is 17.7. The van der Waals surface area contributed by atoms with Gasteiger partial charge in [0.05, 0.1) is 13.5 Å². The van der Waals surface area contributed by atoms with Crippen molar-refractivity contribution >= 4 is 46.9 Å². The summed E-state index contributed by atoms with van der Waals surface area (Å²) in [5, 5.41) is 3.89. The molecule has 1 N–H and O–H groups in total. The van der Waals surface area contributed by atoms with Crippen LogP contribution in [-0.2, 0) is 39.8 Å². The lowest BCUT2D eigenvalue weighted by Crippen LogP contribution is -2.80. The Balaban J connectivity index is 1.83. The van der Waals surface area contributed by atoms with Crippen LogP contribution in [0.15, 0.2) is 28.8 Å². The molecule has 29 heavy (non-hydrogen) atoms. The summed E-state index contributed by atoms with van der Waals surface area (Å²) in [7, 11) is 2.53. The van der Waals surface area contributed by atoms with Crippen LogP contribution < -0.4 is 5.32 Å². The van der Waals surface area contributed by atoms with Crippen LogP contribution >= 0.6 is 23.1 Å². The second-order valence-electron chi connectivity index (χ2n) is 6.31. The van der Waals surface area contributed by atoms with E-state index in [1.54, 1.807) is 0 Å². The summed E-state index contributed by atoms with van der Waals surface area (Å²) < 4.78 is 15.2. The molecule has 3 heterocycles. The van der Waals surface area contributed by atoms with E-state index in [0.29, 0.717) is 11.3 Å². The van der Waals surface area contributed by atoms with E-state index in [4.69, 9.17) is 14.2 Å². The number of ether oxygens (including phenoxy) is 3. The molecule has 0 radical (unpaired) electrons. The van der Waals surface area contributed by atoms with Crippen LogP contribution in [0.5, 0.6) is 0 Å². The molecule has 0 aliphatic carbocycles. The topological polar surface area (TPSA) is 111 Å². The zero-order valence-electron chi connectivity index (χ0n) is 16.1. The van der Waals surface area contributed by atoms with Crippen LogP contribution in [0.4, 0.5) is 0 Å². The average Bonchev–Trinajstić information content (AvgIpc) is 3.21. The second kappa shape index (κ2) is 8.56. The van der Waals surface area contributed by atoms with Crippen LogP contribution in [0.25, 0.3) is 0 Å². The number of amides is 2. The highest BCUT2D eigenvalue weighted by atomic mass is 32.2. The van der Waals surface area contributed by atoms with Crippen molar-refractivity contribution in [3.63, 3.8) is 0 Å². The van der Waals surface area contributed by atoms with Crippen molar-refractivity contribution in [2.24, 2.45) is 0 Å². The van der Waals surface area contributed by atoms with E-state index in [0.717, 1.165) is 4.88 Å². The lowest BCUT2D eigenvalue weighted by molar-refractivity contribution is -0.192. The molecule has 1 aromatic heterocycles. The highest BCUT2D eigenvalue weighted by Crippen LogP contribution is 2.46. The number of rotatable bonds is 7. The lowest BCUT2D eigenvalue weighted by Gasteiger charge is -2.55. The molecule has 0 bridgehead atoms. The highest BCUT2D eigenvalue weighted by Gasteiger charge is 2.66.